The molecule has 0 aliphatic carbocycles. The average Bonchev–Trinajstić information content (AvgIpc) is 2.72. The fourth-order valence-electron chi connectivity index (χ4n) is 1.91. The van der Waals surface area contributed by atoms with Crippen molar-refractivity contribution in [1.82, 2.24) is 9.61 Å². The van der Waals surface area contributed by atoms with Gasteiger partial charge in [0.1, 0.15) is 0 Å². The van der Waals surface area contributed by atoms with Gasteiger partial charge in [-0.3, -0.25) is 0 Å². The lowest BCUT2D eigenvalue weighted by atomic mass is 10.1. The minimum absolute atomic E-state index is 1.17. The second-order valence-electron chi connectivity index (χ2n) is 3.94. The van der Waals surface area contributed by atoms with Crippen LogP contribution in [-0.2, 0) is 0 Å². The fourth-order valence-corrected chi connectivity index (χ4v) is 1.91. The number of rotatable bonds is 1. The van der Waals surface area contributed by atoms with Gasteiger partial charge in [0, 0.05) is 6.20 Å². The molecule has 0 saturated heterocycles. The number of nitrogens with zero attached hydrogens (tertiary/aromatic N) is 2. The Labute approximate surface area is 94.2 Å². The van der Waals surface area contributed by atoms with Crippen LogP contribution in [0.1, 0.15) is 5.56 Å². The Morgan fingerprint density at radius 2 is 1.81 bits per heavy atom. The predicted octanol–water partition coefficient (Wildman–Crippen LogP) is 3.31. The summed E-state index contributed by atoms with van der Waals surface area (Å²) in [6.45, 7) is 2.08. The van der Waals surface area contributed by atoms with Crippen molar-refractivity contribution in [1.29, 1.82) is 0 Å². The normalized spacial score (nSPS) is 10.8. The maximum absolute atomic E-state index is 4.27. The monoisotopic (exact) mass is 208 g/mol. The summed E-state index contributed by atoms with van der Waals surface area (Å²) >= 11 is 0. The highest BCUT2D eigenvalue weighted by Gasteiger charge is 2.02. The van der Waals surface area contributed by atoms with Crippen LogP contribution in [0.25, 0.3) is 16.6 Å². The van der Waals surface area contributed by atoms with Gasteiger partial charge in [-0.15, -0.1) is 0 Å². The van der Waals surface area contributed by atoms with E-state index in [1.165, 1.54) is 22.2 Å². The summed E-state index contributed by atoms with van der Waals surface area (Å²) in [6, 6.07) is 14.7. The SMILES string of the molecule is Cc1cnn2ccc(-c3ccccc3)cc12. The van der Waals surface area contributed by atoms with Crippen molar-refractivity contribution in [3.8, 4) is 11.1 Å². The Bertz CT molecular complexity index is 624. The summed E-state index contributed by atoms with van der Waals surface area (Å²) < 4.78 is 1.90. The first-order chi connectivity index (χ1) is 7.84. The molecule has 78 valence electrons. The van der Waals surface area contributed by atoms with Gasteiger partial charge >= 0.3 is 0 Å². The smallest absolute Gasteiger partial charge is 0.0696 e. The number of hydrogen-bond donors (Lipinski definition) is 0. The third kappa shape index (κ3) is 1.39. The van der Waals surface area contributed by atoms with Crippen LogP contribution in [0.15, 0.2) is 54.9 Å². The van der Waals surface area contributed by atoms with Crippen molar-refractivity contribution in [3.05, 3.63) is 60.4 Å². The van der Waals surface area contributed by atoms with E-state index < -0.39 is 0 Å². The van der Waals surface area contributed by atoms with Gasteiger partial charge in [0.05, 0.1) is 11.7 Å². The highest BCUT2D eigenvalue weighted by atomic mass is 15.2. The molecular weight excluding hydrogens is 196 g/mol. The number of aryl methyl sites for hydroxylation is 1. The van der Waals surface area contributed by atoms with E-state index in [4.69, 9.17) is 0 Å². The predicted molar refractivity (Wildman–Crippen MR) is 65.4 cm³/mol. The molecule has 0 spiro atoms. The van der Waals surface area contributed by atoms with Gasteiger partial charge in [-0.2, -0.15) is 5.10 Å². The molecular formula is C14H12N2. The van der Waals surface area contributed by atoms with Gasteiger partial charge in [-0.1, -0.05) is 30.3 Å². The Hall–Kier alpha value is -2.09. The van der Waals surface area contributed by atoms with Crippen LogP contribution in [-0.4, -0.2) is 9.61 Å². The van der Waals surface area contributed by atoms with Crippen molar-refractivity contribution >= 4 is 5.52 Å². The second-order valence-corrected chi connectivity index (χ2v) is 3.94. The lowest BCUT2D eigenvalue weighted by Gasteiger charge is -2.02. The maximum atomic E-state index is 4.27. The molecule has 2 aromatic heterocycles. The average molecular weight is 208 g/mol. The van der Waals surface area contributed by atoms with Crippen LogP contribution in [0.5, 0.6) is 0 Å². The summed E-state index contributed by atoms with van der Waals surface area (Å²) in [5.74, 6) is 0. The van der Waals surface area contributed by atoms with Crippen LogP contribution in [0, 0.1) is 6.92 Å². The van der Waals surface area contributed by atoms with Gasteiger partial charge in [0.25, 0.3) is 0 Å². The van der Waals surface area contributed by atoms with Crippen LogP contribution < -0.4 is 0 Å². The molecule has 3 rings (SSSR count). The molecule has 0 unspecified atom stereocenters. The van der Waals surface area contributed by atoms with E-state index in [-0.39, 0.29) is 0 Å². The first-order valence-corrected chi connectivity index (χ1v) is 5.34. The van der Waals surface area contributed by atoms with Crippen LogP contribution in [0.3, 0.4) is 0 Å². The molecule has 2 heteroatoms. The molecule has 0 radical (unpaired) electrons. The van der Waals surface area contributed by atoms with E-state index in [9.17, 15) is 0 Å². The molecule has 0 aliphatic rings. The van der Waals surface area contributed by atoms with Gasteiger partial charge in [0.2, 0.25) is 0 Å². The Kier molecular flexibility index (Phi) is 2.00. The van der Waals surface area contributed by atoms with E-state index in [1.807, 2.05) is 23.0 Å². The van der Waals surface area contributed by atoms with Crippen molar-refractivity contribution in [2.24, 2.45) is 0 Å². The van der Waals surface area contributed by atoms with Crippen molar-refractivity contribution < 1.29 is 0 Å². The van der Waals surface area contributed by atoms with E-state index in [1.54, 1.807) is 0 Å². The summed E-state index contributed by atoms with van der Waals surface area (Å²) in [6.07, 6.45) is 3.90. The van der Waals surface area contributed by atoms with E-state index in [0.29, 0.717) is 0 Å². The third-order valence-corrected chi connectivity index (χ3v) is 2.82. The summed E-state index contributed by atoms with van der Waals surface area (Å²) in [5.41, 5.74) is 4.85. The first kappa shape index (κ1) is 9.16. The van der Waals surface area contributed by atoms with Crippen molar-refractivity contribution in [3.63, 3.8) is 0 Å². The Morgan fingerprint density at radius 3 is 2.62 bits per heavy atom. The number of fused-ring (bicyclic) bond motifs is 1. The van der Waals surface area contributed by atoms with Gasteiger partial charge < -0.3 is 0 Å². The molecule has 1 aromatic carbocycles. The van der Waals surface area contributed by atoms with Crippen molar-refractivity contribution in [2.45, 2.75) is 6.92 Å². The molecule has 3 aromatic rings. The molecule has 0 amide bonds. The quantitative estimate of drug-likeness (QED) is 0.599. The van der Waals surface area contributed by atoms with Crippen LogP contribution in [0.4, 0.5) is 0 Å². The highest BCUT2D eigenvalue weighted by molar-refractivity contribution is 5.70. The second kappa shape index (κ2) is 3.49. The highest BCUT2D eigenvalue weighted by Crippen LogP contribution is 2.21. The van der Waals surface area contributed by atoms with E-state index in [2.05, 4.69) is 48.4 Å². The minimum Gasteiger partial charge on any atom is -0.241 e. The first-order valence-electron chi connectivity index (χ1n) is 5.34. The molecule has 0 aliphatic heterocycles. The Morgan fingerprint density at radius 1 is 1.00 bits per heavy atom. The Balaban J connectivity index is 2.22. The zero-order valence-corrected chi connectivity index (χ0v) is 9.09. The summed E-state index contributed by atoms with van der Waals surface area (Å²) in [4.78, 5) is 0. The molecule has 2 nitrogen and oxygen atoms in total. The number of benzene rings is 1. The molecule has 16 heavy (non-hydrogen) atoms. The van der Waals surface area contributed by atoms with Crippen molar-refractivity contribution in [2.75, 3.05) is 0 Å². The van der Waals surface area contributed by atoms with Crippen LogP contribution >= 0.6 is 0 Å². The molecule has 0 saturated carbocycles. The van der Waals surface area contributed by atoms with Gasteiger partial charge in [0.15, 0.2) is 0 Å². The molecule has 0 fully saturated rings. The molecule has 0 bridgehead atoms. The number of aromatic nitrogens is 2. The summed E-state index contributed by atoms with van der Waals surface area (Å²) in [7, 11) is 0. The lowest BCUT2D eigenvalue weighted by molar-refractivity contribution is 0.962. The van der Waals surface area contributed by atoms with E-state index >= 15 is 0 Å². The molecule has 0 N–H and O–H groups in total. The van der Waals surface area contributed by atoms with Crippen LogP contribution in [0.2, 0.25) is 0 Å². The van der Waals surface area contributed by atoms with Gasteiger partial charge in [-0.25, -0.2) is 4.52 Å². The number of pyridine rings is 1. The zero-order chi connectivity index (χ0) is 11.0. The zero-order valence-electron chi connectivity index (χ0n) is 9.09. The molecule has 0 atom stereocenters. The van der Waals surface area contributed by atoms with Gasteiger partial charge in [-0.05, 0) is 35.7 Å². The maximum Gasteiger partial charge on any atom is 0.0696 e. The fraction of sp³-hybridized carbons (Fsp3) is 0.0714. The number of hydrogen-bond acceptors (Lipinski definition) is 1. The minimum atomic E-state index is 1.17. The third-order valence-electron chi connectivity index (χ3n) is 2.82. The standard InChI is InChI=1S/C14H12N2/c1-11-10-15-16-8-7-13(9-14(11)16)12-5-3-2-4-6-12/h2-10H,1H3. The largest absolute Gasteiger partial charge is 0.241 e. The molecule has 2 heterocycles. The lowest BCUT2D eigenvalue weighted by Crippen LogP contribution is -1.87. The van der Waals surface area contributed by atoms with E-state index in [0.717, 1.165) is 0 Å². The summed E-state index contributed by atoms with van der Waals surface area (Å²) in [5, 5.41) is 4.27. The topological polar surface area (TPSA) is 17.3 Å².